The fraction of sp³-hybridized carbons (Fsp3) is 0.500. The number of hydrogen-bond donors (Lipinski definition) is 0. The molecule has 3 rings (SSSR count). The van der Waals surface area contributed by atoms with E-state index in [1.165, 1.54) is 16.4 Å². The molecular weight excluding hydrogens is 276 g/mol. The van der Waals surface area contributed by atoms with Crippen molar-refractivity contribution in [3.05, 3.63) is 29.8 Å². The van der Waals surface area contributed by atoms with Crippen molar-refractivity contribution in [2.24, 2.45) is 0 Å². The van der Waals surface area contributed by atoms with Crippen LogP contribution in [-0.4, -0.2) is 31.6 Å². The highest BCUT2D eigenvalue weighted by atomic mass is 32.2. The molecule has 1 heterocycles. The number of rotatable bonds is 2. The lowest BCUT2D eigenvalue weighted by Crippen LogP contribution is -2.60. The lowest BCUT2D eigenvalue weighted by atomic mass is 9.87. The zero-order valence-electron chi connectivity index (χ0n) is 11.1. The van der Waals surface area contributed by atoms with Crippen LogP contribution in [0.4, 0.5) is 0 Å². The van der Waals surface area contributed by atoms with Gasteiger partial charge in [-0.3, -0.25) is 0 Å². The molecule has 1 aromatic carbocycles. The van der Waals surface area contributed by atoms with Gasteiger partial charge in [0.25, 0.3) is 0 Å². The summed E-state index contributed by atoms with van der Waals surface area (Å²) < 4.78 is 32.9. The smallest absolute Gasteiger partial charge is 0.245 e. The monoisotopic (exact) mass is 292 g/mol. The summed E-state index contributed by atoms with van der Waals surface area (Å²) in [5.74, 6) is 0. The van der Waals surface area contributed by atoms with Gasteiger partial charge >= 0.3 is 0 Å². The highest BCUT2D eigenvalue weighted by molar-refractivity contribution is 7.89. The first-order valence-electron chi connectivity index (χ1n) is 6.75. The van der Waals surface area contributed by atoms with Crippen LogP contribution in [-0.2, 0) is 14.8 Å². The molecule has 0 unspecified atom stereocenters. The van der Waals surface area contributed by atoms with Crippen molar-refractivity contribution in [2.45, 2.75) is 36.3 Å². The average molecular weight is 292 g/mol. The van der Waals surface area contributed by atoms with E-state index in [1.54, 1.807) is 12.1 Å². The van der Waals surface area contributed by atoms with Gasteiger partial charge in [-0.15, -0.1) is 0 Å². The first kappa shape index (κ1) is 13.6. The third kappa shape index (κ3) is 2.03. The standard InChI is InChI=1S/C14H16N2O3S/c15-11-12-4-1-5-13(10-12)20(17,18)16-8-3-9-19-14(16)6-2-7-14/h1,4-5,10H,2-3,6-9H2. The molecule has 0 amide bonds. The minimum atomic E-state index is -3.61. The lowest BCUT2D eigenvalue weighted by Gasteiger charge is -2.51. The van der Waals surface area contributed by atoms with Gasteiger partial charge in [0, 0.05) is 6.54 Å². The highest BCUT2D eigenvalue weighted by Gasteiger charge is 2.50. The summed E-state index contributed by atoms with van der Waals surface area (Å²) in [4.78, 5) is 0.174. The van der Waals surface area contributed by atoms with Gasteiger partial charge < -0.3 is 4.74 Å². The molecule has 0 bridgehead atoms. The van der Waals surface area contributed by atoms with Crippen molar-refractivity contribution in [3.8, 4) is 6.07 Å². The predicted molar refractivity (Wildman–Crippen MR) is 72.2 cm³/mol. The number of ether oxygens (including phenoxy) is 1. The number of hydrogen-bond acceptors (Lipinski definition) is 4. The van der Waals surface area contributed by atoms with Gasteiger partial charge in [-0.1, -0.05) is 6.07 Å². The summed E-state index contributed by atoms with van der Waals surface area (Å²) in [5, 5.41) is 8.92. The fourth-order valence-electron chi connectivity index (χ4n) is 2.81. The molecule has 0 aromatic heterocycles. The Morgan fingerprint density at radius 1 is 1.30 bits per heavy atom. The van der Waals surface area contributed by atoms with Crippen molar-refractivity contribution in [1.82, 2.24) is 4.31 Å². The van der Waals surface area contributed by atoms with Gasteiger partial charge in [0.1, 0.15) is 5.72 Å². The third-order valence-electron chi connectivity index (χ3n) is 4.02. The van der Waals surface area contributed by atoms with Crippen LogP contribution in [0.25, 0.3) is 0 Å². The van der Waals surface area contributed by atoms with Crippen LogP contribution in [0.1, 0.15) is 31.2 Å². The predicted octanol–water partition coefficient (Wildman–Crippen LogP) is 1.85. The number of sulfonamides is 1. The molecule has 2 aliphatic rings. The van der Waals surface area contributed by atoms with Gasteiger partial charge in [0.05, 0.1) is 23.1 Å². The number of nitriles is 1. The van der Waals surface area contributed by atoms with E-state index < -0.39 is 15.7 Å². The SMILES string of the molecule is N#Cc1cccc(S(=O)(=O)N2CCCOC23CCC3)c1. The Hall–Kier alpha value is -1.42. The van der Waals surface area contributed by atoms with E-state index in [9.17, 15) is 8.42 Å². The first-order chi connectivity index (χ1) is 9.58. The average Bonchev–Trinajstić information content (AvgIpc) is 2.45. The molecule has 1 spiro atoms. The minimum Gasteiger partial charge on any atom is -0.359 e. The maximum Gasteiger partial charge on any atom is 0.245 e. The summed E-state index contributed by atoms with van der Waals surface area (Å²) in [6.45, 7) is 1.10. The molecule has 1 aliphatic carbocycles. The topological polar surface area (TPSA) is 70.4 Å². The van der Waals surface area contributed by atoms with Gasteiger partial charge in [-0.05, 0) is 43.9 Å². The zero-order chi connectivity index (χ0) is 14.2. The molecule has 0 radical (unpaired) electrons. The maximum atomic E-state index is 12.8. The largest absolute Gasteiger partial charge is 0.359 e. The maximum absolute atomic E-state index is 12.8. The Kier molecular flexibility index (Phi) is 3.28. The van der Waals surface area contributed by atoms with Crippen LogP contribution in [0.3, 0.4) is 0 Å². The summed E-state index contributed by atoms with van der Waals surface area (Å²) >= 11 is 0. The molecule has 0 atom stereocenters. The highest BCUT2D eigenvalue weighted by Crippen LogP contribution is 2.43. The molecule has 106 valence electrons. The number of benzene rings is 1. The molecule has 2 fully saturated rings. The second-order valence-corrected chi connectivity index (χ2v) is 7.08. The first-order valence-corrected chi connectivity index (χ1v) is 8.19. The Morgan fingerprint density at radius 2 is 2.10 bits per heavy atom. The van der Waals surface area contributed by atoms with E-state index in [2.05, 4.69) is 0 Å². The van der Waals surface area contributed by atoms with Gasteiger partial charge in [-0.2, -0.15) is 9.57 Å². The van der Waals surface area contributed by atoms with E-state index in [0.29, 0.717) is 25.1 Å². The molecule has 20 heavy (non-hydrogen) atoms. The molecule has 0 N–H and O–H groups in total. The molecular formula is C14H16N2O3S. The number of nitrogens with zero attached hydrogens (tertiary/aromatic N) is 2. The summed E-state index contributed by atoms with van der Waals surface area (Å²) in [6.07, 6.45) is 3.21. The lowest BCUT2D eigenvalue weighted by molar-refractivity contribution is -0.193. The van der Waals surface area contributed by atoms with Crippen molar-refractivity contribution in [2.75, 3.05) is 13.2 Å². The Balaban J connectivity index is 2.00. The second kappa shape index (κ2) is 4.85. The normalized spacial score (nSPS) is 22.1. The van der Waals surface area contributed by atoms with Gasteiger partial charge in [-0.25, -0.2) is 8.42 Å². The molecule has 1 aliphatic heterocycles. The fourth-order valence-corrected chi connectivity index (χ4v) is 4.64. The Labute approximate surface area is 118 Å². The van der Waals surface area contributed by atoms with Crippen LogP contribution in [0, 0.1) is 11.3 Å². The van der Waals surface area contributed by atoms with Gasteiger partial charge in [0.15, 0.2) is 0 Å². The quantitative estimate of drug-likeness (QED) is 0.834. The molecule has 1 aromatic rings. The van der Waals surface area contributed by atoms with Crippen LogP contribution < -0.4 is 0 Å². The molecule has 6 heteroatoms. The Bertz CT molecular complexity index is 659. The third-order valence-corrected chi connectivity index (χ3v) is 5.96. The van der Waals surface area contributed by atoms with Crippen molar-refractivity contribution in [1.29, 1.82) is 5.26 Å². The van der Waals surface area contributed by atoms with Crippen molar-refractivity contribution >= 4 is 10.0 Å². The van der Waals surface area contributed by atoms with E-state index in [4.69, 9.17) is 10.00 Å². The van der Waals surface area contributed by atoms with E-state index >= 15 is 0 Å². The van der Waals surface area contributed by atoms with Crippen LogP contribution in [0.2, 0.25) is 0 Å². The summed E-state index contributed by atoms with van der Waals surface area (Å²) in [7, 11) is -3.61. The van der Waals surface area contributed by atoms with Crippen LogP contribution in [0.5, 0.6) is 0 Å². The minimum absolute atomic E-state index is 0.174. The molecule has 1 saturated carbocycles. The zero-order valence-corrected chi connectivity index (χ0v) is 11.9. The van der Waals surface area contributed by atoms with Crippen LogP contribution in [0.15, 0.2) is 29.2 Å². The molecule has 5 nitrogen and oxygen atoms in total. The van der Waals surface area contributed by atoms with Crippen molar-refractivity contribution in [3.63, 3.8) is 0 Å². The molecule has 1 saturated heterocycles. The van der Waals surface area contributed by atoms with Crippen molar-refractivity contribution < 1.29 is 13.2 Å². The van der Waals surface area contributed by atoms with E-state index in [1.807, 2.05) is 6.07 Å². The van der Waals surface area contributed by atoms with Gasteiger partial charge in [0.2, 0.25) is 10.0 Å². The second-order valence-electron chi connectivity index (χ2n) is 5.22. The van der Waals surface area contributed by atoms with E-state index in [-0.39, 0.29) is 4.90 Å². The Morgan fingerprint density at radius 3 is 2.75 bits per heavy atom. The van der Waals surface area contributed by atoms with Crippen LogP contribution >= 0.6 is 0 Å². The summed E-state index contributed by atoms with van der Waals surface area (Å²) in [5.41, 5.74) is -0.286. The summed E-state index contributed by atoms with van der Waals surface area (Å²) in [6, 6.07) is 8.15. The van der Waals surface area contributed by atoms with E-state index in [0.717, 1.165) is 19.3 Å².